The molecule has 1 fully saturated rings. The van der Waals surface area contributed by atoms with E-state index in [4.69, 9.17) is 10.5 Å². The molecule has 8 nitrogen and oxygen atoms in total. The molecule has 2 N–H and O–H groups in total. The molecule has 0 saturated carbocycles. The number of pyridine rings is 1. The molecule has 1 amide bonds. The Morgan fingerprint density at radius 3 is 2.20 bits per heavy atom. The van der Waals surface area contributed by atoms with Gasteiger partial charge in [0, 0.05) is 30.6 Å². The Balaban J connectivity index is 1.79. The molecule has 14 heteroatoms. The van der Waals surface area contributed by atoms with Gasteiger partial charge >= 0.3 is 18.0 Å². The van der Waals surface area contributed by atoms with Crippen LogP contribution in [0.2, 0.25) is 0 Å². The van der Waals surface area contributed by atoms with Gasteiger partial charge in [0.25, 0.3) is 5.91 Å². The van der Waals surface area contributed by atoms with Crippen LogP contribution in [0.25, 0.3) is 17.5 Å². The van der Waals surface area contributed by atoms with Crippen LogP contribution in [0.1, 0.15) is 34.8 Å². The van der Waals surface area contributed by atoms with Crippen LogP contribution < -0.4 is 11.4 Å². The van der Waals surface area contributed by atoms with Crippen molar-refractivity contribution in [2.45, 2.75) is 24.9 Å². The number of rotatable bonds is 5. The van der Waals surface area contributed by atoms with Crippen molar-refractivity contribution in [3.05, 3.63) is 75.7 Å². The number of primary amides is 1. The first-order valence-corrected chi connectivity index (χ1v) is 9.89. The molecule has 3 heterocycles. The zero-order chi connectivity index (χ0) is 25.5. The van der Waals surface area contributed by atoms with Crippen molar-refractivity contribution in [3.8, 4) is 5.69 Å². The van der Waals surface area contributed by atoms with Crippen molar-refractivity contribution in [1.29, 1.82) is 0 Å². The molecule has 4 rings (SSSR count). The topological polar surface area (TPSA) is 105 Å². The Morgan fingerprint density at radius 1 is 1.06 bits per heavy atom. The summed E-state index contributed by atoms with van der Waals surface area (Å²) in [7, 11) is 0. The third-order valence-electron chi connectivity index (χ3n) is 5.19. The summed E-state index contributed by atoms with van der Waals surface area (Å²) >= 11 is 0. The molecule has 3 aromatic rings. The monoisotopic (exact) mass is 499 g/mol. The molecule has 1 aromatic carbocycles. The summed E-state index contributed by atoms with van der Waals surface area (Å²) in [6, 6.07) is 2.23. The molecule has 1 aliphatic heterocycles. The van der Waals surface area contributed by atoms with E-state index in [1.165, 1.54) is 12.4 Å². The van der Waals surface area contributed by atoms with E-state index in [9.17, 15) is 35.9 Å². The molecule has 1 saturated heterocycles. The summed E-state index contributed by atoms with van der Waals surface area (Å²) in [5.41, 5.74) is 0.995. The van der Waals surface area contributed by atoms with Crippen LogP contribution in [0.4, 0.5) is 26.3 Å². The van der Waals surface area contributed by atoms with Gasteiger partial charge in [-0.3, -0.25) is 14.3 Å². The van der Waals surface area contributed by atoms with Gasteiger partial charge in [0.05, 0.1) is 35.1 Å². The third kappa shape index (κ3) is 4.96. The van der Waals surface area contributed by atoms with Crippen molar-refractivity contribution in [3.63, 3.8) is 0 Å². The molecule has 0 radical (unpaired) electrons. The number of nitrogens with two attached hydrogens (primary N) is 1. The Labute approximate surface area is 192 Å². The number of carbonyl (C=O) groups is 1. The Morgan fingerprint density at radius 2 is 1.69 bits per heavy atom. The number of benzene rings is 1. The van der Waals surface area contributed by atoms with Crippen molar-refractivity contribution >= 4 is 17.7 Å². The fourth-order valence-corrected chi connectivity index (χ4v) is 3.34. The number of hydrogen-bond acceptors (Lipinski definition) is 5. The van der Waals surface area contributed by atoms with E-state index >= 15 is 0 Å². The van der Waals surface area contributed by atoms with Gasteiger partial charge < -0.3 is 10.5 Å². The molecule has 1 aliphatic rings. The largest absolute Gasteiger partial charge is 0.416 e. The Hall–Kier alpha value is -3.94. The Kier molecular flexibility index (Phi) is 6.00. The second-order valence-electron chi connectivity index (χ2n) is 7.56. The molecule has 1 atom stereocenters. The van der Waals surface area contributed by atoms with E-state index in [0.717, 1.165) is 18.9 Å². The average Bonchev–Trinajstić information content (AvgIpc) is 3.09. The second kappa shape index (κ2) is 8.69. The first-order chi connectivity index (χ1) is 16.3. The molecule has 0 aliphatic carbocycles. The predicted molar refractivity (Wildman–Crippen MR) is 109 cm³/mol. The summed E-state index contributed by atoms with van der Waals surface area (Å²) in [5.74, 6) is -0.962. The molecule has 2 aromatic heterocycles. The van der Waals surface area contributed by atoms with Gasteiger partial charge in [0.2, 0.25) is 0 Å². The van der Waals surface area contributed by atoms with Gasteiger partial charge in [0.15, 0.2) is 0 Å². The first kappa shape index (κ1) is 24.2. The van der Waals surface area contributed by atoms with Crippen molar-refractivity contribution < 1.29 is 35.9 Å². The van der Waals surface area contributed by atoms with Crippen molar-refractivity contribution in [1.82, 2.24) is 19.3 Å². The number of ether oxygens (including phenoxy) is 1. The summed E-state index contributed by atoms with van der Waals surface area (Å²) < 4.78 is 85.4. The van der Waals surface area contributed by atoms with Crippen LogP contribution in [-0.2, 0) is 21.9 Å². The lowest BCUT2D eigenvalue weighted by Crippen LogP contribution is -2.23. The molecule has 0 spiro atoms. The average molecular weight is 499 g/mol. The standard InChI is InChI=1S/C21H15F6N5O3/c22-20(23,24)13-4-14(21(25,26)27)6-15(5-13)32-19(34)31(10-30-32)9-16(18(28)33)11-3-12(8-29-7-11)17-1-2-35-17/h3-10,17H,1-2H2,(H2,28,33)/b16-9+/t17-/m1/s1. The number of aromatic nitrogens is 4. The first-order valence-electron chi connectivity index (χ1n) is 9.89. The van der Waals surface area contributed by atoms with Crippen LogP contribution in [0.15, 0.2) is 47.8 Å². The number of nitrogens with zero attached hydrogens (tertiary/aromatic N) is 4. The van der Waals surface area contributed by atoms with E-state index in [1.54, 1.807) is 6.07 Å². The second-order valence-corrected chi connectivity index (χ2v) is 7.56. The maximum absolute atomic E-state index is 13.2. The van der Waals surface area contributed by atoms with E-state index in [-0.39, 0.29) is 23.3 Å². The third-order valence-corrected chi connectivity index (χ3v) is 5.19. The van der Waals surface area contributed by atoms with E-state index in [0.29, 0.717) is 33.6 Å². The Bertz CT molecular complexity index is 1340. The van der Waals surface area contributed by atoms with Crippen LogP contribution in [0, 0.1) is 0 Å². The lowest BCUT2D eigenvalue weighted by Gasteiger charge is -2.26. The molecular formula is C21H15F6N5O3. The minimum atomic E-state index is -5.11. The fourth-order valence-electron chi connectivity index (χ4n) is 3.34. The van der Waals surface area contributed by atoms with Crippen LogP contribution in [0.5, 0.6) is 0 Å². The lowest BCUT2D eigenvalue weighted by molar-refractivity contribution is -0.143. The summed E-state index contributed by atoms with van der Waals surface area (Å²) in [6.45, 7) is 0.563. The molecule has 0 unspecified atom stereocenters. The van der Waals surface area contributed by atoms with Gasteiger partial charge in [-0.1, -0.05) is 0 Å². The van der Waals surface area contributed by atoms with Gasteiger partial charge in [-0.2, -0.15) is 36.1 Å². The highest BCUT2D eigenvalue weighted by Crippen LogP contribution is 2.37. The van der Waals surface area contributed by atoms with Gasteiger partial charge in [-0.25, -0.2) is 4.79 Å². The number of amides is 1. The molecular weight excluding hydrogens is 484 g/mol. The molecule has 184 valence electrons. The highest BCUT2D eigenvalue weighted by Gasteiger charge is 2.37. The number of hydrogen-bond donors (Lipinski definition) is 1. The van der Waals surface area contributed by atoms with E-state index in [2.05, 4.69) is 10.1 Å². The predicted octanol–water partition coefficient (Wildman–Crippen LogP) is 3.41. The van der Waals surface area contributed by atoms with Gasteiger partial charge in [-0.15, -0.1) is 0 Å². The maximum Gasteiger partial charge on any atom is 0.416 e. The van der Waals surface area contributed by atoms with Crippen molar-refractivity contribution in [2.24, 2.45) is 5.73 Å². The van der Waals surface area contributed by atoms with Crippen molar-refractivity contribution in [2.75, 3.05) is 6.61 Å². The number of halogens is 6. The van der Waals surface area contributed by atoms with Gasteiger partial charge in [-0.05, 0) is 29.8 Å². The molecule has 35 heavy (non-hydrogen) atoms. The highest BCUT2D eigenvalue weighted by molar-refractivity contribution is 6.22. The van der Waals surface area contributed by atoms with E-state index < -0.39 is 40.8 Å². The summed E-state index contributed by atoms with van der Waals surface area (Å²) in [4.78, 5) is 28.9. The quantitative estimate of drug-likeness (QED) is 0.428. The zero-order valence-corrected chi connectivity index (χ0v) is 17.5. The zero-order valence-electron chi connectivity index (χ0n) is 17.5. The smallest absolute Gasteiger partial charge is 0.373 e. The van der Waals surface area contributed by atoms with E-state index in [1.807, 2.05) is 0 Å². The minimum absolute atomic E-state index is 0.0670. The lowest BCUT2D eigenvalue weighted by atomic mass is 10.0. The van der Waals surface area contributed by atoms with Crippen LogP contribution in [0.3, 0.4) is 0 Å². The highest BCUT2D eigenvalue weighted by atomic mass is 19.4. The number of alkyl halides is 6. The fraction of sp³-hybridized carbons (Fsp3) is 0.238. The van der Waals surface area contributed by atoms with Crippen LogP contribution in [-0.4, -0.2) is 31.8 Å². The minimum Gasteiger partial charge on any atom is -0.373 e. The normalized spacial score (nSPS) is 16.7. The summed E-state index contributed by atoms with van der Waals surface area (Å²) in [6.07, 6.45) is -5.07. The van der Waals surface area contributed by atoms with Gasteiger partial charge in [0.1, 0.15) is 6.33 Å². The van der Waals surface area contributed by atoms with Crippen LogP contribution >= 0.6 is 0 Å². The number of carbonyl (C=O) groups excluding carboxylic acids is 1. The SMILES string of the molecule is NC(=O)/C(=C/n1cnn(-c2cc(C(F)(F)F)cc(C(F)(F)F)c2)c1=O)c1cncc([C@H]2CCO2)c1. The maximum atomic E-state index is 13.2. The molecule has 0 bridgehead atoms. The summed E-state index contributed by atoms with van der Waals surface area (Å²) in [5, 5.41) is 3.61.